The van der Waals surface area contributed by atoms with Crippen molar-refractivity contribution in [2.75, 3.05) is 7.11 Å². The molecule has 0 N–H and O–H groups in total. The van der Waals surface area contributed by atoms with E-state index in [1.807, 2.05) is 0 Å². The smallest absolute Gasteiger partial charge is 0.414 e. The first kappa shape index (κ1) is 21.0. The molecule has 0 fully saturated rings. The van der Waals surface area contributed by atoms with Gasteiger partial charge in [0.2, 0.25) is 0 Å². The van der Waals surface area contributed by atoms with Gasteiger partial charge in [0.15, 0.2) is 0 Å². The second kappa shape index (κ2) is 9.21. The highest BCUT2D eigenvalue weighted by atomic mass is 35.5. The van der Waals surface area contributed by atoms with Crippen LogP contribution in [0.15, 0.2) is 48.7 Å². The van der Waals surface area contributed by atoms with Gasteiger partial charge in [0.1, 0.15) is 18.1 Å². The van der Waals surface area contributed by atoms with Crippen molar-refractivity contribution in [3.63, 3.8) is 0 Å². The molecular weight excluding hydrogens is 424 g/mol. The van der Waals surface area contributed by atoms with Crippen LogP contribution in [-0.2, 0) is 17.9 Å². The van der Waals surface area contributed by atoms with Crippen molar-refractivity contribution in [3.8, 4) is 6.01 Å². The van der Waals surface area contributed by atoms with E-state index in [2.05, 4.69) is 4.98 Å². The number of halogens is 3. The monoisotopic (exact) mass is 439 g/mol. The average Bonchev–Trinajstić information content (AvgIpc) is 3.10. The lowest BCUT2D eigenvalue weighted by Gasteiger charge is -2.20. The number of benzene rings is 2. The second-order valence-corrected chi connectivity index (χ2v) is 6.93. The Labute approximate surface area is 175 Å². The van der Waals surface area contributed by atoms with Gasteiger partial charge in [-0.2, -0.15) is 0 Å². The number of ether oxygens (including phenoxy) is 2. The molecule has 0 amide bonds. The fourth-order valence-corrected chi connectivity index (χ4v) is 3.26. The van der Waals surface area contributed by atoms with Gasteiger partial charge >= 0.3 is 11.8 Å². The van der Waals surface area contributed by atoms with E-state index in [9.17, 15) is 14.5 Å². The second-order valence-electron chi connectivity index (χ2n) is 6.09. The Kier molecular flexibility index (Phi) is 6.68. The van der Waals surface area contributed by atoms with Crippen molar-refractivity contribution < 1.29 is 18.8 Å². The molecule has 0 aliphatic carbocycles. The third-order valence-corrected chi connectivity index (χ3v) is 4.70. The van der Waals surface area contributed by atoms with Crippen molar-refractivity contribution in [1.29, 1.82) is 0 Å². The summed E-state index contributed by atoms with van der Waals surface area (Å²) < 4.78 is 25.8. The van der Waals surface area contributed by atoms with Gasteiger partial charge in [0.05, 0.1) is 20.3 Å². The topological polar surface area (TPSA) is 79.4 Å². The molecule has 2 aromatic carbocycles. The molecule has 7 nitrogen and oxygen atoms in total. The van der Waals surface area contributed by atoms with Crippen LogP contribution in [0, 0.1) is 15.9 Å². The molecule has 29 heavy (non-hydrogen) atoms. The summed E-state index contributed by atoms with van der Waals surface area (Å²) >= 11 is 12.3. The van der Waals surface area contributed by atoms with Crippen molar-refractivity contribution in [2.45, 2.75) is 19.3 Å². The number of nitro groups is 1. The fourth-order valence-electron chi connectivity index (χ4n) is 2.73. The molecule has 1 aromatic heterocycles. The van der Waals surface area contributed by atoms with Gasteiger partial charge in [-0.25, -0.2) is 4.39 Å². The van der Waals surface area contributed by atoms with Crippen LogP contribution in [-0.4, -0.2) is 21.6 Å². The molecule has 0 spiro atoms. The van der Waals surface area contributed by atoms with E-state index in [-0.39, 0.29) is 30.8 Å². The van der Waals surface area contributed by atoms with Gasteiger partial charge in [0.25, 0.3) is 0 Å². The van der Waals surface area contributed by atoms with Crippen molar-refractivity contribution in [1.82, 2.24) is 9.55 Å². The van der Waals surface area contributed by atoms with Crippen LogP contribution >= 0.6 is 23.2 Å². The molecule has 1 heterocycles. The first-order valence-electron chi connectivity index (χ1n) is 8.44. The van der Waals surface area contributed by atoms with E-state index in [0.717, 1.165) is 5.56 Å². The number of methoxy groups -OCH3 is 1. The highest BCUT2D eigenvalue weighted by Crippen LogP contribution is 2.32. The van der Waals surface area contributed by atoms with Gasteiger partial charge < -0.3 is 19.6 Å². The van der Waals surface area contributed by atoms with Gasteiger partial charge in [-0.15, -0.1) is 0 Å². The fraction of sp³-hybridized carbons (Fsp3) is 0.211. The zero-order chi connectivity index (χ0) is 21.0. The number of imidazole rings is 1. The van der Waals surface area contributed by atoms with Crippen LogP contribution in [0.3, 0.4) is 0 Å². The summed E-state index contributed by atoms with van der Waals surface area (Å²) in [5.74, 6) is -0.692. The maximum atomic E-state index is 13.1. The molecule has 1 atom stereocenters. The lowest BCUT2D eigenvalue weighted by molar-refractivity contribution is -0.389. The predicted molar refractivity (Wildman–Crippen MR) is 106 cm³/mol. The summed E-state index contributed by atoms with van der Waals surface area (Å²) in [6, 6.07) is 10.9. The normalized spacial score (nSPS) is 12.0. The van der Waals surface area contributed by atoms with Gasteiger partial charge in [-0.1, -0.05) is 41.4 Å². The van der Waals surface area contributed by atoms with Crippen LogP contribution in [0.2, 0.25) is 10.0 Å². The van der Waals surface area contributed by atoms with Crippen molar-refractivity contribution in [2.24, 2.45) is 0 Å². The molecule has 0 saturated heterocycles. The maximum absolute atomic E-state index is 13.1. The molecule has 1 unspecified atom stereocenters. The largest absolute Gasteiger partial charge is 0.449 e. The average molecular weight is 440 g/mol. The lowest BCUT2D eigenvalue weighted by Crippen LogP contribution is -2.14. The predicted octanol–water partition coefficient (Wildman–Crippen LogP) is 5.20. The van der Waals surface area contributed by atoms with E-state index >= 15 is 0 Å². The Balaban J connectivity index is 1.90. The molecule has 3 aromatic rings. The molecule has 152 valence electrons. The standard InChI is InChI=1S/C19H16Cl2FN3O4/c1-28-19-23-18(25(26)27)10-24(19)9-17(15-7-4-13(20)8-16(15)21)29-11-12-2-5-14(22)6-3-12/h2-8,10,17H,9,11H2,1H3. The van der Waals surface area contributed by atoms with Crippen LogP contribution in [0.4, 0.5) is 10.2 Å². The molecule has 0 bridgehead atoms. The van der Waals surface area contributed by atoms with Crippen LogP contribution < -0.4 is 4.74 Å². The Bertz CT molecular complexity index is 1010. The van der Waals surface area contributed by atoms with Gasteiger partial charge in [-0.3, -0.25) is 4.57 Å². The number of hydrogen-bond acceptors (Lipinski definition) is 5. The minimum atomic E-state index is -0.608. The van der Waals surface area contributed by atoms with Crippen molar-refractivity contribution in [3.05, 3.63) is 85.8 Å². The summed E-state index contributed by atoms with van der Waals surface area (Å²) in [7, 11) is 1.37. The Morgan fingerprint density at radius 1 is 1.24 bits per heavy atom. The van der Waals surface area contributed by atoms with Gasteiger partial charge in [-0.05, 0) is 34.8 Å². The minimum absolute atomic E-state index is 0.0668. The van der Waals surface area contributed by atoms with Gasteiger partial charge in [0, 0.05) is 20.6 Å². The summed E-state index contributed by atoms with van der Waals surface area (Å²) in [4.78, 5) is 14.3. The van der Waals surface area contributed by atoms with Crippen LogP contribution in [0.5, 0.6) is 6.01 Å². The Morgan fingerprint density at radius 2 is 1.97 bits per heavy atom. The number of rotatable bonds is 8. The molecule has 0 aliphatic heterocycles. The first-order valence-corrected chi connectivity index (χ1v) is 9.19. The summed E-state index contributed by atoms with van der Waals surface area (Å²) in [6.07, 6.45) is 0.657. The number of aromatic nitrogens is 2. The molecule has 0 radical (unpaired) electrons. The van der Waals surface area contributed by atoms with E-state index < -0.39 is 11.0 Å². The third-order valence-electron chi connectivity index (χ3n) is 4.13. The number of hydrogen-bond donors (Lipinski definition) is 0. The molecule has 3 rings (SSSR count). The quantitative estimate of drug-likeness (QED) is 0.355. The summed E-state index contributed by atoms with van der Waals surface area (Å²) in [5, 5.41) is 11.9. The maximum Gasteiger partial charge on any atom is 0.414 e. The Morgan fingerprint density at radius 3 is 2.59 bits per heavy atom. The van der Waals surface area contributed by atoms with E-state index in [1.165, 1.54) is 30.0 Å². The van der Waals surface area contributed by atoms with Crippen molar-refractivity contribution >= 4 is 29.0 Å². The van der Waals surface area contributed by atoms with Crippen LogP contribution in [0.1, 0.15) is 17.2 Å². The SMILES string of the molecule is COc1nc([N+](=O)[O-])cn1CC(OCc1ccc(F)cc1)c1ccc(Cl)cc1Cl. The highest BCUT2D eigenvalue weighted by molar-refractivity contribution is 6.35. The zero-order valence-corrected chi connectivity index (χ0v) is 16.7. The number of nitrogens with zero attached hydrogens (tertiary/aromatic N) is 3. The van der Waals surface area contributed by atoms with E-state index in [1.54, 1.807) is 30.3 Å². The van der Waals surface area contributed by atoms with E-state index in [4.69, 9.17) is 32.7 Å². The molecule has 10 heteroatoms. The molecule has 0 saturated carbocycles. The first-order chi connectivity index (χ1) is 13.9. The van der Waals surface area contributed by atoms with Crippen LogP contribution in [0.25, 0.3) is 0 Å². The minimum Gasteiger partial charge on any atom is -0.449 e. The summed E-state index contributed by atoms with van der Waals surface area (Å²) in [5.41, 5.74) is 1.39. The Hall–Kier alpha value is -2.68. The lowest BCUT2D eigenvalue weighted by atomic mass is 10.1. The highest BCUT2D eigenvalue weighted by Gasteiger charge is 2.24. The molecule has 0 aliphatic rings. The molecular formula is C19H16Cl2FN3O4. The zero-order valence-electron chi connectivity index (χ0n) is 15.2. The third kappa shape index (κ3) is 5.23. The van der Waals surface area contributed by atoms with E-state index in [0.29, 0.717) is 15.6 Å². The summed E-state index contributed by atoms with van der Waals surface area (Å²) in [6.45, 7) is 0.315.